The van der Waals surface area contributed by atoms with Gasteiger partial charge in [0.05, 0.1) is 0 Å². The zero-order valence-corrected chi connectivity index (χ0v) is 12.0. The molecule has 0 bridgehead atoms. The van der Waals surface area contributed by atoms with Gasteiger partial charge in [-0.15, -0.1) is 0 Å². The summed E-state index contributed by atoms with van der Waals surface area (Å²) in [5.74, 6) is 2.08. The molecule has 1 unspecified atom stereocenters. The summed E-state index contributed by atoms with van der Waals surface area (Å²) >= 11 is 5.95. The van der Waals surface area contributed by atoms with E-state index < -0.39 is 0 Å². The van der Waals surface area contributed by atoms with Gasteiger partial charge in [0.2, 0.25) is 17.2 Å². The molecule has 100 valence electrons. The van der Waals surface area contributed by atoms with Crippen molar-refractivity contribution in [1.82, 2.24) is 15.0 Å². The maximum atomic E-state index is 5.95. The Hall–Kier alpha value is -1.10. The lowest BCUT2D eigenvalue weighted by atomic mass is 10.0. The van der Waals surface area contributed by atoms with Gasteiger partial charge < -0.3 is 9.80 Å². The van der Waals surface area contributed by atoms with Crippen molar-refractivity contribution in [3.05, 3.63) is 5.28 Å². The predicted molar refractivity (Wildman–Crippen MR) is 74.4 cm³/mol. The van der Waals surface area contributed by atoms with Gasteiger partial charge in [-0.05, 0) is 30.4 Å². The summed E-state index contributed by atoms with van der Waals surface area (Å²) in [4.78, 5) is 16.8. The van der Waals surface area contributed by atoms with Crippen LogP contribution in [0.5, 0.6) is 0 Å². The average Bonchev–Trinajstić information content (AvgIpc) is 2.77. The van der Waals surface area contributed by atoms with Gasteiger partial charge in [0.25, 0.3) is 0 Å². The highest BCUT2D eigenvalue weighted by Gasteiger charge is 2.24. The lowest BCUT2D eigenvalue weighted by molar-refractivity contribution is 0.529. The Morgan fingerprint density at radius 2 is 2.11 bits per heavy atom. The van der Waals surface area contributed by atoms with E-state index >= 15 is 0 Å². The molecule has 1 aromatic rings. The van der Waals surface area contributed by atoms with Crippen LogP contribution in [0.2, 0.25) is 5.28 Å². The third-order valence-electron chi connectivity index (χ3n) is 3.25. The molecule has 0 N–H and O–H groups in total. The van der Waals surface area contributed by atoms with Crippen LogP contribution < -0.4 is 9.80 Å². The number of halogens is 1. The van der Waals surface area contributed by atoms with Crippen LogP contribution in [-0.2, 0) is 0 Å². The molecule has 0 amide bonds. The molecular formula is C12H20ClN5. The summed E-state index contributed by atoms with van der Waals surface area (Å²) < 4.78 is 0. The Labute approximate surface area is 113 Å². The fourth-order valence-corrected chi connectivity index (χ4v) is 2.48. The minimum Gasteiger partial charge on any atom is -0.347 e. The fraction of sp³-hybridized carbons (Fsp3) is 0.750. The standard InChI is InChI=1S/C12H20ClN5/c1-4-5-9-6-7-18(8-9)12-15-10(13)14-11(16-12)17(2)3/h9H,4-8H2,1-3H3. The topological polar surface area (TPSA) is 45.2 Å². The first-order valence-corrected chi connectivity index (χ1v) is 6.81. The van der Waals surface area contributed by atoms with Crippen LogP contribution in [0.15, 0.2) is 0 Å². The first-order valence-electron chi connectivity index (χ1n) is 6.44. The summed E-state index contributed by atoms with van der Waals surface area (Å²) in [6.07, 6.45) is 3.73. The lowest BCUT2D eigenvalue weighted by Gasteiger charge is -2.18. The first-order chi connectivity index (χ1) is 8.60. The van der Waals surface area contributed by atoms with Crippen molar-refractivity contribution in [1.29, 1.82) is 0 Å². The summed E-state index contributed by atoms with van der Waals surface area (Å²) in [6, 6.07) is 0. The lowest BCUT2D eigenvalue weighted by Crippen LogP contribution is -2.24. The van der Waals surface area contributed by atoms with Crippen LogP contribution in [0.1, 0.15) is 26.2 Å². The molecule has 2 rings (SSSR count). The zero-order chi connectivity index (χ0) is 13.1. The molecule has 2 heterocycles. The van der Waals surface area contributed by atoms with E-state index in [1.54, 1.807) is 0 Å². The summed E-state index contributed by atoms with van der Waals surface area (Å²) in [7, 11) is 3.80. The molecule has 1 aliphatic rings. The zero-order valence-electron chi connectivity index (χ0n) is 11.2. The van der Waals surface area contributed by atoms with Crippen LogP contribution in [-0.4, -0.2) is 42.1 Å². The number of nitrogens with zero attached hydrogens (tertiary/aromatic N) is 5. The summed E-state index contributed by atoms with van der Waals surface area (Å²) in [5, 5.41) is 0.266. The summed E-state index contributed by atoms with van der Waals surface area (Å²) in [6.45, 7) is 4.27. The molecule has 1 saturated heterocycles. The van der Waals surface area contributed by atoms with Gasteiger partial charge in [-0.1, -0.05) is 13.3 Å². The van der Waals surface area contributed by atoms with Gasteiger partial charge in [0, 0.05) is 27.2 Å². The highest BCUT2D eigenvalue weighted by molar-refractivity contribution is 6.28. The normalized spacial score (nSPS) is 19.3. The van der Waals surface area contributed by atoms with Crippen molar-refractivity contribution in [2.24, 2.45) is 5.92 Å². The van der Waals surface area contributed by atoms with E-state index in [1.807, 2.05) is 19.0 Å². The van der Waals surface area contributed by atoms with Crippen LogP contribution in [0.25, 0.3) is 0 Å². The van der Waals surface area contributed by atoms with Gasteiger partial charge >= 0.3 is 0 Å². The van der Waals surface area contributed by atoms with Crippen LogP contribution in [0.4, 0.5) is 11.9 Å². The molecule has 5 nitrogen and oxygen atoms in total. The van der Waals surface area contributed by atoms with Crippen molar-refractivity contribution in [3.8, 4) is 0 Å². The molecule has 0 saturated carbocycles. The van der Waals surface area contributed by atoms with Crippen molar-refractivity contribution in [2.45, 2.75) is 26.2 Å². The molecule has 0 radical (unpaired) electrons. The quantitative estimate of drug-likeness (QED) is 0.839. The molecule has 0 spiro atoms. The maximum absolute atomic E-state index is 5.95. The maximum Gasteiger partial charge on any atom is 0.231 e. The van der Waals surface area contributed by atoms with E-state index in [0.717, 1.165) is 19.0 Å². The van der Waals surface area contributed by atoms with E-state index in [-0.39, 0.29) is 5.28 Å². The molecule has 1 atom stereocenters. The Balaban J connectivity index is 2.14. The largest absolute Gasteiger partial charge is 0.347 e. The Morgan fingerprint density at radius 1 is 1.33 bits per heavy atom. The van der Waals surface area contributed by atoms with Crippen LogP contribution in [0.3, 0.4) is 0 Å². The number of aromatic nitrogens is 3. The molecule has 1 fully saturated rings. The van der Waals surface area contributed by atoms with E-state index in [4.69, 9.17) is 11.6 Å². The molecule has 6 heteroatoms. The Bertz CT molecular complexity index is 409. The monoisotopic (exact) mass is 269 g/mol. The number of anilines is 2. The second-order valence-corrected chi connectivity index (χ2v) is 5.33. The Morgan fingerprint density at radius 3 is 2.78 bits per heavy atom. The first kappa shape index (κ1) is 13.3. The number of rotatable bonds is 4. The minimum absolute atomic E-state index is 0.266. The highest BCUT2D eigenvalue weighted by atomic mass is 35.5. The third kappa shape index (κ3) is 3.02. The second-order valence-electron chi connectivity index (χ2n) is 4.99. The van der Waals surface area contributed by atoms with E-state index in [0.29, 0.717) is 11.9 Å². The van der Waals surface area contributed by atoms with Crippen LogP contribution in [0, 0.1) is 5.92 Å². The van der Waals surface area contributed by atoms with Gasteiger partial charge in [-0.25, -0.2) is 0 Å². The van der Waals surface area contributed by atoms with Crippen LogP contribution >= 0.6 is 11.6 Å². The van der Waals surface area contributed by atoms with Crippen molar-refractivity contribution in [3.63, 3.8) is 0 Å². The molecule has 0 aliphatic carbocycles. The van der Waals surface area contributed by atoms with Gasteiger partial charge in [-0.3, -0.25) is 0 Å². The molecule has 18 heavy (non-hydrogen) atoms. The van der Waals surface area contributed by atoms with Gasteiger partial charge in [0.1, 0.15) is 0 Å². The van der Waals surface area contributed by atoms with Crippen molar-refractivity contribution >= 4 is 23.5 Å². The van der Waals surface area contributed by atoms with E-state index in [1.165, 1.54) is 19.3 Å². The SMILES string of the molecule is CCCC1CCN(c2nc(Cl)nc(N(C)C)n2)C1. The third-order valence-corrected chi connectivity index (χ3v) is 3.42. The molecule has 0 aromatic carbocycles. The van der Waals surface area contributed by atoms with E-state index in [9.17, 15) is 0 Å². The Kier molecular flexibility index (Phi) is 4.22. The summed E-state index contributed by atoms with van der Waals surface area (Å²) in [5.41, 5.74) is 0. The van der Waals surface area contributed by atoms with Crippen molar-refractivity contribution < 1.29 is 0 Å². The van der Waals surface area contributed by atoms with Crippen molar-refractivity contribution in [2.75, 3.05) is 37.0 Å². The number of hydrogen-bond acceptors (Lipinski definition) is 5. The smallest absolute Gasteiger partial charge is 0.231 e. The average molecular weight is 270 g/mol. The molecule has 1 aromatic heterocycles. The highest BCUT2D eigenvalue weighted by Crippen LogP contribution is 2.25. The second kappa shape index (κ2) is 5.69. The van der Waals surface area contributed by atoms with Gasteiger partial charge in [0.15, 0.2) is 0 Å². The van der Waals surface area contributed by atoms with Gasteiger partial charge in [-0.2, -0.15) is 15.0 Å². The van der Waals surface area contributed by atoms with E-state index in [2.05, 4.69) is 26.8 Å². The molecular weight excluding hydrogens is 250 g/mol. The molecule has 1 aliphatic heterocycles. The minimum atomic E-state index is 0.266. The fourth-order valence-electron chi connectivity index (χ4n) is 2.33. The predicted octanol–water partition coefficient (Wildman–Crippen LogP) is 2.22. The number of hydrogen-bond donors (Lipinski definition) is 0.